The molecule has 0 radical (unpaired) electrons. The van der Waals surface area contributed by atoms with Crippen molar-refractivity contribution in [3.63, 3.8) is 0 Å². The Morgan fingerprint density at radius 1 is 0.800 bits per heavy atom. The third-order valence-electron chi connectivity index (χ3n) is 2.98. The van der Waals surface area contributed by atoms with Gasteiger partial charge in [0.05, 0.1) is 14.7 Å². The van der Waals surface area contributed by atoms with E-state index in [9.17, 15) is 41.6 Å². The average Bonchev–Trinajstić information content (AvgIpc) is 2.53. The molecule has 0 aliphatic rings. The third kappa shape index (κ3) is 8.16. The first kappa shape index (κ1) is 29.8. The maximum atomic E-state index is 10.6. The Hall–Kier alpha value is -2.38. The molecule has 0 aliphatic heterocycles. The van der Waals surface area contributed by atoms with E-state index in [-0.39, 0.29) is 47.1 Å². The topological polar surface area (TPSA) is 285 Å². The molecule has 18 heteroatoms. The van der Waals surface area contributed by atoms with Gasteiger partial charge in [0.25, 0.3) is 21.5 Å². The van der Waals surface area contributed by atoms with Crippen molar-refractivity contribution in [3.8, 4) is 0 Å². The molecule has 0 unspecified atom stereocenters. The summed E-state index contributed by atoms with van der Waals surface area (Å²) in [5.74, 6) is 0. The van der Waals surface area contributed by atoms with E-state index in [1.54, 1.807) is 0 Å². The number of benzene rings is 2. The fourth-order valence-corrected chi connectivity index (χ4v) is 2.67. The average molecular weight is 475 g/mol. The van der Waals surface area contributed by atoms with E-state index < -0.39 is 51.2 Å². The van der Waals surface area contributed by atoms with Crippen LogP contribution in [0.1, 0.15) is 0 Å². The van der Waals surface area contributed by atoms with Crippen LogP contribution >= 0.6 is 0 Å². The summed E-state index contributed by atoms with van der Waals surface area (Å²) in [4.78, 5) is 17.8. The maximum absolute atomic E-state index is 10.6. The number of nitro benzene ring substituents is 2. The van der Waals surface area contributed by atoms with Crippen LogP contribution in [0.2, 0.25) is 0 Å². The van der Waals surface area contributed by atoms with Gasteiger partial charge in [0.15, 0.2) is 0 Å². The summed E-state index contributed by atoms with van der Waals surface area (Å²) in [5, 5.41) is 20.7. The Kier molecular flexibility index (Phi) is 11.1. The fraction of sp³-hybridized carbons (Fsp3) is 0. The van der Waals surface area contributed by atoms with Gasteiger partial charge in [-0.25, -0.2) is 8.42 Å². The number of nitrogens with two attached hydrogens (primary N) is 2. The second kappa shape index (κ2) is 11.1. The largest absolute Gasteiger partial charge is 1.00 e. The van der Waals surface area contributed by atoms with Crippen molar-refractivity contribution >= 4 is 43.0 Å². The van der Waals surface area contributed by atoms with Gasteiger partial charge in [-0.2, -0.15) is 8.42 Å². The van der Waals surface area contributed by atoms with Crippen molar-refractivity contribution < 1.29 is 65.3 Å². The van der Waals surface area contributed by atoms with Gasteiger partial charge in [0, 0.05) is 12.1 Å². The van der Waals surface area contributed by atoms with E-state index in [0.717, 1.165) is 24.3 Å². The van der Waals surface area contributed by atoms with Crippen molar-refractivity contribution in [3.05, 3.63) is 56.6 Å². The third-order valence-corrected chi connectivity index (χ3v) is 4.66. The van der Waals surface area contributed by atoms with Crippen LogP contribution in [0.3, 0.4) is 0 Å². The molecule has 0 aromatic heterocycles. The van der Waals surface area contributed by atoms with E-state index in [0.29, 0.717) is 12.1 Å². The van der Waals surface area contributed by atoms with Gasteiger partial charge in [-0.15, -0.1) is 0 Å². The summed E-state index contributed by atoms with van der Waals surface area (Å²) in [7, 11) is -9.12. The zero-order valence-corrected chi connectivity index (χ0v) is 18.8. The van der Waals surface area contributed by atoms with Crippen molar-refractivity contribution in [1.29, 1.82) is 0 Å². The molecule has 15 nitrogen and oxygen atoms in total. The zero-order chi connectivity index (χ0) is 21.9. The number of nitro groups is 2. The first-order valence-corrected chi connectivity index (χ1v) is 9.50. The van der Waals surface area contributed by atoms with E-state index in [4.69, 9.17) is 16.0 Å². The summed E-state index contributed by atoms with van der Waals surface area (Å²) in [6, 6.07) is 5.29. The number of anilines is 2. The Labute approximate surface area is 191 Å². The molecular weight excluding hydrogens is 461 g/mol. The minimum Gasteiger partial charge on any atom is -0.744 e. The molecule has 0 heterocycles. The van der Waals surface area contributed by atoms with Gasteiger partial charge >= 0.3 is 29.6 Å². The maximum Gasteiger partial charge on any atom is 1.00 e. The standard InChI is InChI=1S/2C6H6N2O5S.H3N.Na/c2*7-5-2-1-4(14(11,12)13)3-6(5)8(9)10;;/h2*1-3H,7H2,(H,11,12,13);1H3;/q;;;+1/p-1. The number of hydrogen-bond acceptors (Lipinski definition) is 12. The Morgan fingerprint density at radius 3 is 1.43 bits per heavy atom. The molecule has 0 spiro atoms. The molecule has 0 saturated heterocycles. The molecule has 2 aromatic carbocycles. The van der Waals surface area contributed by atoms with E-state index in [2.05, 4.69) is 0 Å². The van der Waals surface area contributed by atoms with Crippen molar-refractivity contribution in [1.82, 2.24) is 6.15 Å². The summed E-state index contributed by atoms with van der Waals surface area (Å²) >= 11 is 0. The monoisotopic (exact) mass is 475 g/mol. The Bertz CT molecular complexity index is 1060. The van der Waals surface area contributed by atoms with Crippen LogP contribution in [0.25, 0.3) is 0 Å². The van der Waals surface area contributed by atoms with E-state index >= 15 is 0 Å². The van der Waals surface area contributed by atoms with Gasteiger partial charge in [-0.05, 0) is 24.3 Å². The van der Waals surface area contributed by atoms with Crippen molar-refractivity contribution in [2.24, 2.45) is 0 Å². The van der Waals surface area contributed by atoms with Gasteiger partial charge in [0.1, 0.15) is 26.4 Å². The van der Waals surface area contributed by atoms with Crippen LogP contribution < -0.4 is 47.2 Å². The first-order chi connectivity index (χ1) is 12.6. The molecule has 0 amide bonds. The summed E-state index contributed by atoms with van der Waals surface area (Å²) in [6.07, 6.45) is 0. The van der Waals surface area contributed by atoms with Crippen LogP contribution in [0.5, 0.6) is 0 Å². The predicted molar refractivity (Wildman–Crippen MR) is 97.8 cm³/mol. The normalized spacial score (nSPS) is 10.5. The molecule has 2 rings (SSSR count). The molecule has 8 N–H and O–H groups in total. The SMILES string of the molecule is N.Nc1ccc(S(=O)(=O)O)cc1[N+](=O)[O-].Nc1ccc(S(=O)(=O)[O-])cc1[N+](=O)[O-].[Na+]. The Morgan fingerprint density at radius 2 is 1.13 bits per heavy atom. The van der Waals surface area contributed by atoms with Crippen molar-refractivity contribution in [2.75, 3.05) is 11.5 Å². The molecule has 0 bridgehead atoms. The molecule has 0 aliphatic carbocycles. The van der Waals surface area contributed by atoms with Crippen LogP contribution in [0, 0.1) is 20.2 Å². The number of nitrogen functional groups attached to an aromatic ring is 2. The van der Waals surface area contributed by atoms with Gasteiger partial charge in [-0.1, -0.05) is 0 Å². The first-order valence-electron chi connectivity index (χ1n) is 6.66. The van der Waals surface area contributed by atoms with E-state index in [1.807, 2.05) is 0 Å². The van der Waals surface area contributed by atoms with Gasteiger partial charge in [-0.3, -0.25) is 24.8 Å². The van der Waals surface area contributed by atoms with Crippen molar-refractivity contribution in [2.45, 2.75) is 9.79 Å². The van der Waals surface area contributed by atoms with Crippen LogP contribution in [-0.4, -0.2) is 35.8 Å². The van der Waals surface area contributed by atoms with Crippen LogP contribution in [-0.2, 0) is 20.2 Å². The van der Waals surface area contributed by atoms with Crippen LogP contribution in [0.15, 0.2) is 46.2 Å². The number of rotatable bonds is 4. The molecule has 2 aromatic rings. The zero-order valence-electron chi connectivity index (χ0n) is 15.2. The molecule has 0 saturated carbocycles. The quantitative estimate of drug-likeness (QED) is 0.119. The molecule has 0 atom stereocenters. The molecular formula is C12H14N5NaO10S2. The number of hydrogen-bond donors (Lipinski definition) is 4. The molecule has 30 heavy (non-hydrogen) atoms. The molecule has 160 valence electrons. The van der Waals surface area contributed by atoms with Crippen LogP contribution in [0.4, 0.5) is 22.7 Å². The summed E-state index contributed by atoms with van der Waals surface area (Å²) in [5.41, 5.74) is 8.90. The molecule has 0 fully saturated rings. The summed E-state index contributed by atoms with van der Waals surface area (Å²) in [6.45, 7) is 0. The van der Waals surface area contributed by atoms with Gasteiger partial charge in [0.2, 0.25) is 0 Å². The second-order valence-electron chi connectivity index (χ2n) is 4.88. The Balaban J connectivity index is 0. The minimum atomic E-state index is -4.69. The predicted octanol–water partition coefficient (Wildman–Crippen LogP) is -2.33. The van der Waals surface area contributed by atoms with E-state index in [1.165, 1.54) is 0 Å². The van der Waals surface area contributed by atoms with Gasteiger partial charge < -0.3 is 22.2 Å². The fourth-order valence-electron chi connectivity index (χ4n) is 1.68. The summed E-state index contributed by atoms with van der Waals surface area (Å²) < 4.78 is 61.3. The minimum absolute atomic E-state index is 0. The number of nitrogens with zero attached hydrogens (tertiary/aromatic N) is 2. The smallest absolute Gasteiger partial charge is 0.744 e. The second-order valence-corrected chi connectivity index (χ2v) is 7.69.